The van der Waals surface area contributed by atoms with Crippen molar-refractivity contribution in [3.8, 4) is 0 Å². The average Bonchev–Trinajstić information content (AvgIpc) is 2.41. The van der Waals surface area contributed by atoms with Gasteiger partial charge in [0.05, 0.1) is 0 Å². The lowest BCUT2D eigenvalue weighted by Crippen LogP contribution is -2.00. The first-order chi connectivity index (χ1) is 3.47. The summed E-state index contributed by atoms with van der Waals surface area (Å²) in [6.45, 7) is 0. The van der Waals surface area contributed by atoms with E-state index in [4.69, 9.17) is 14.2 Å². The molecule has 2 aliphatic rings. The summed E-state index contributed by atoms with van der Waals surface area (Å²) in [5.74, 6) is 0. The van der Waals surface area contributed by atoms with E-state index in [0.29, 0.717) is 0 Å². The standard InChI is InChI=1S/C4H4O3/c1-2-6-4-3(5-1)7-4/h1-4H. The molecule has 2 rings (SSSR count). The van der Waals surface area contributed by atoms with Crippen LogP contribution in [0.3, 0.4) is 0 Å². The molecule has 0 saturated carbocycles. The fourth-order valence-electron chi connectivity index (χ4n) is 0.498. The highest BCUT2D eigenvalue weighted by atomic mass is 16.9. The van der Waals surface area contributed by atoms with Gasteiger partial charge in [0.25, 0.3) is 12.6 Å². The Balaban J connectivity index is 2.10. The highest BCUT2D eigenvalue weighted by Crippen LogP contribution is 2.27. The van der Waals surface area contributed by atoms with Crippen LogP contribution in [0.4, 0.5) is 0 Å². The van der Waals surface area contributed by atoms with Gasteiger partial charge in [-0.05, 0) is 0 Å². The van der Waals surface area contributed by atoms with E-state index in [1.807, 2.05) is 0 Å². The minimum atomic E-state index is -0.106. The van der Waals surface area contributed by atoms with E-state index < -0.39 is 0 Å². The van der Waals surface area contributed by atoms with Crippen molar-refractivity contribution in [3.63, 3.8) is 0 Å². The second kappa shape index (κ2) is 0.924. The fraction of sp³-hybridized carbons (Fsp3) is 0.500. The molecular formula is C4H4O3. The van der Waals surface area contributed by atoms with Crippen LogP contribution in [0.15, 0.2) is 12.5 Å². The second-order valence-corrected chi connectivity index (χ2v) is 1.42. The van der Waals surface area contributed by atoms with Crippen molar-refractivity contribution in [2.45, 2.75) is 12.6 Å². The van der Waals surface area contributed by atoms with E-state index in [1.54, 1.807) is 0 Å². The predicted octanol–water partition coefficient (Wildman–Crippen LogP) is 0.187. The molecule has 2 atom stereocenters. The summed E-state index contributed by atoms with van der Waals surface area (Å²) in [4.78, 5) is 0. The minimum Gasteiger partial charge on any atom is -0.462 e. The van der Waals surface area contributed by atoms with Crippen LogP contribution in [-0.4, -0.2) is 12.6 Å². The lowest BCUT2D eigenvalue weighted by Gasteiger charge is -1.98. The maximum atomic E-state index is 4.82. The van der Waals surface area contributed by atoms with E-state index in [2.05, 4.69) is 0 Å². The fourth-order valence-corrected chi connectivity index (χ4v) is 0.498. The summed E-state index contributed by atoms with van der Waals surface area (Å²) >= 11 is 0. The van der Waals surface area contributed by atoms with Crippen LogP contribution in [0.5, 0.6) is 0 Å². The molecule has 0 bridgehead atoms. The minimum absolute atomic E-state index is 0.106. The first-order valence-electron chi connectivity index (χ1n) is 2.08. The largest absolute Gasteiger partial charge is 0.462 e. The molecule has 38 valence electrons. The molecule has 0 amide bonds. The molecule has 0 aromatic heterocycles. The second-order valence-electron chi connectivity index (χ2n) is 1.42. The van der Waals surface area contributed by atoms with E-state index in [-0.39, 0.29) is 12.6 Å². The number of hydrogen-bond acceptors (Lipinski definition) is 3. The van der Waals surface area contributed by atoms with Crippen LogP contribution in [-0.2, 0) is 14.2 Å². The van der Waals surface area contributed by atoms with Crippen LogP contribution in [0.2, 0.25) is 0 Å². The van der Waals surface area contributed by atoms with Gasteiger partial charge in [-0.3, -0.25) is 4.74 Å². The Labute approximate surface area is 40.5 Å². The topological polar surface area (TPSA) is 31.0 Å². The van der Waals surface area contributed by atoms with Gasteiger partial charge in [-0.15, -0.1) is 0 Å². The van der Waals surface area contributed by atoms with Crippen LogP contribution in [0.25, 0.3) is 0 Å². The zero-order valence-electron chi connectivity index (χ0n) is 3.53. The van der Waals surface area contributed by atoms with Gasteiger partial charge < -0.3 is 9.47 Å². The van der Waals surface area contributed by atoms with Gasteiger partial charge in [-0.25, -0.2) is 0 Å². The normalized spacial score (nSPS) is 43.4. The molecule has 1 fully saturated rings. The molecule has 7 heavy (non-hydrogen) atoms. The van der Waals surface area contributed by atoms with Crippen molar-refractivity contribution >= 4 is 0 Å². The van der Waals surface area contributed by atoms with Gasteiger partial charge in [0.1, 0.15) is 12.5 Å². The lowest BCUT2D eigenvalue weighted by atomic mass is 10.7. The predicted molar refractivity (Wildman–Crippen MR) is 20.0 cm³/mol. The molecule has 3 nitrogen and oxygen atoms in total. The third-order valence-corrected chi connectivity index (χ3v) is 0.895. The number of epoxide rings is 1. The Kier molecular flexibility index (Phi) is 0.438. The van der Waals surface area contributed by atoms with Gasteiger partial charge >= 0.3 is 0 Å². The molecule has 0 N–H and O–H groups in total. The molecule has 0 aromatic rings. The van der Waals surface area contributed by atoms with E-state index in [1.165, 1.54) is 12.5 Å². The van der Waals surface area contributed by atoms with Crippen molar-refractivity contribution in [1.29, 1.82) is 0 Å². The maximum absolute atomic E-state index is 4.82. The number of ether oxygens (including phenoxy) is 3. The first kappa shape index (κ1) is 3.32. The van der Waals surface area contributed by atoms with Crippen molar-refractivity contribution in [1.82, 2.24) is 0 Å². The quantitative estimate of drug-likeness (QED) is 0.407. The summed E-state index contributed by atoms with van der Waals surface area (Å²) in [5, 5.41) is 0. The molecule has 0 aromatic carbocycles. The van der Waals surface area contributed by atoms with E-state index >= 15 is 0 Å². The lowest BCUT2D eigenvalue weighted by molar-refractivity contribution is 0.102. The van der Waals surface area contributed by atoms with Crippen molar-refractivity contribution in [2.24, 2.45) is 0 Å². The van der Waals surface area contributed by atoms with Gasteiger partial charge in [0, 0.05) is 0 Å². The zero-order valence-corrected chi connectivity index (χ0v) is 3.53. The van der Waals surface area contributed by atoms with Crippen LogP contribution >= 0.6 is 0 Å². The van der Waals surface area contributed by atoms with E-state index in [0.717, 1.165) is 0 Å². The third-order valence-electron chi connectivity index (χ3n) is 0.895. The smallest absolute Gasteiger partial charge is 0.265 e. The number of fused-ring (bicyclic) bond motifs is 1. The average molecular weight is 100 g/mol. The van der Waals surface area contributed by atoms with E-state index in [9.17, 15) is 0 Å². The molecule has 3 heteroatoms. The Morgan fingerprint density at radius 1 is 1.00 bits per heavy atom. The summed E-state index contributed by atoms with van der Waals surface area (Å²) < 4.78 is 14.4. The summed E-state index contributed by atoms with van der Waals surface area (Å²) in [6, 6.07) is 0. The highest BCUT2D eigenvalue weighted by Gasteiger charge is 2.44. The molecule has 2 heterocycles. The van der Waals surface area contributed by atoms with Crippen LogP contribution in [0, 0.1) is 0 Å². The molecular weight excluding hydrogens is 96.0 g/mol. The van der Waals surface area contributed by atoms with Gasteiger partial charge in [-0.2, -0.15) is 0 Å². The Morgan fingerprint density at radius 2 is 1.57 bits per heavy atom. The SMILES string of the molecule is C1=COC2OC2O1. The molecule has 0 aliphatic carbocycles. The molecule has 2 aliphatic heterocycles. The first-order valence-corrected chi connectivity index (χ1v) is 2.08. The molecule has 0 spiro atoms. The van der Waals surface area contributed by atoms with Crippen LogP contribution < -0.4 is 0 Å². The summed E-state index contributed by atoms with van der Waals surface area (Å²) in [6.07, 6.45) is 2.75. The van der Waals surface area contributed by atoms with Gasteiger partial charge in [-0.1, -0.05) is 0 Å². The number of rotatable bonds is 0. The molecule has 2 unspecified atom stereocenters. The highest BCUT2D eigenvalue weighted by molar-refractivity contribution is 4.79. The Hall–Kier alpha value is -0.700. The van der Waals surface area contributed by atoms with Crippen molar-refractivity contribution in [3.05, 3.63) is 12.5 Å². The zero-order chi connectivity index (χ0) is 4.69. The van der Waals surface area contributed by atoms with Gasteiger partial charge in [0.2, 0.25) is 0 Å². The van der Waals surface area contributed by atoms with Crippen molar-refractivity contribution < 1.29 is 14.2 Å². The number of hydrogen-bond donors (Lipinski definition) is 0. The van der Waals surface area contributed by atoms with Gasteiger partial charge in [0.15, 0.2) is 0 Å². The van der Waals surface area contributed by atoms with Crippen molar-refractivity contribution in [2.75, 3.05) is 0 Å². The van der Waals surface area contributed by atoms with Crippen LogP contribution in [0.1, 0.15) is 0 Å². The third kappa shape index (κ3) is 0.381. The molecule has 0 radical (unpaired) electrons. The summed E-state index contributed by atoms with van der Waals surface area (Å²) in [5.41, 5.74) is 0. The Morgan fingerprint density at radius 3 is 2.00 bits per heavy atom. The molecule has 1 saturated heterocycles. The Bertz CT molecular complexity index is 97.5. The monoisotopic (exact) mass is 100 g/mol. The maximum Gasteiger partial charge on any atom is 0.265 e. The summed E-state index contributed by atoms with van der Waals surface area (Å²) in [7, 11) is 0.